The number of benzene rings is 2. The van der Waals surface area contributed by atoms with E-state index < -0.39 is 0 Å². The quantitative estimate of drug-likeness (QED) is 0.838. The van der Waals surface area contributed by atoms with E-state index in [2.05, 4.69) is 6.58 Å². The second kappa shape index (κ2) is 4.57. The molecule has 0 aliphatic heterocycles. The molecule has 0 fully saturated rings. The normalized spacial score (nSPS) is 10.3. The molecule has 0 spiro atoms. The predicted octanol–water partition coefficient (Wildman–Crippen LogP) is 3.78. The Hall–Kier alpha value is -2.22. The van der Waals surface area contributed by atoms with Gasteiger partial charge in [0.2, 0.25) is 0 Å². The first kappa shape index (κ1) is 12.2. The van der Waals surface area contributed by atoms with Crippen LogP contribution >= 0.6 is 0 Å². The lowest BCUT2D eigenvalue weighted by atomic mass is 9.93. The topological polar surface area (TPSA) is 40.5 Å². The highest BCUT2D eigenvalue weighted by Gasteiger charge is 2.09. The van der Waals surface area contributed by atoms with Crippen molar-refractivity contribution in [1.82, 2.24) is 0 Å². The van der Waals surface area contributed by atoms with Crippen molar-refractivity contribution in [2.75, 3.05) is 0 Å². The largest absolute Gasteiger partial charge is 0.508 e. The molecule has 0 atom stereocenters. The molecule has 0 bridgehead atoms. The molecule has 0 heterocycles. The van der Waals surface area contributed by atoms with E-state index in [0.717, 1.165) is 27.8 Å². The molecule has 0 aliphatic rings. The fraction of sp³-hybridized carbons (Fsp3) is 0.125. The van der Waals surface area contributed by atoms with Crippen LogP contribution in [0.4, 0.5) is 0 Å². The van der Waals surface area contributed by atoms with Gasteiger partial charge in [0.15, 0.2) is 0 Å². The lowest BCUT2D eigenvalue weighted by Crippen LogP contribution is -1.92. The van der Waals surface area contributed by atoms with Crippen LogP contribution in [0.2, 0.25) is 0 Å². The van der Waals surface area contributed by atoms with Crippen LogP contribution in [0, 0.1) is 13.8 Å². The molecule has 2 nitrogen and oxygen atoms in total. The van der Waals surface area contributed by atoms with Crippen LogP contribution < -0.4 is 0 Å². The van der Waals surface area contributed by atoms with Gasteiger partial charge in [-0.1, -0.05) is 18.7 Å². The molecule has 0 aliphatic carbocycles. The van der Waals surface area contributed by atoms with Crippen LogP contribution in [0.3, 0.4) is 0 Å². The summed E-state index contributed by atoms with van der Waals surface area (Å²) in [6, 6.07) is 10.4. The minimum atomic E-state index is 0.217. The van der Waals surface area contributed by atoms with Gasteiger partial charge < -0.3 is 10.2 Å². The highest BCUT2D eigenvalue weighted by Crippen LogP contribution is 2.31. The molecule has 2 heteroatoms. The van der Waals surface area contributed by atoms with Crippen molar-refractivity contribution in [2.45, 2.75) is 13.8 Å². The van der Waals surface area contributed by atoms with Crippen LogP contribution in [0.25, 0.3) is 5.57 Å². The van der Waals surface area contributed by atoms with E-state index in [1.54, 1.807) is 24.3 Å². The average Bonchev–Trinajstić information content (AvgIpc) is 2.34. The Labute approximate surface area is 107 Å². The molecule has 0 unspecified atom stereocenters. The number of phenolic OH excluding ortho intramolecular Hbond substituents is 2. The van der Waals surface area contributed by atoms with E-state index in [1.165, 1.54) is 0 Å². The molecule has 0 aromatic heterocycles. The number of phenols is 2. The zero-order chi connectivity index (χ0) is 13.3. The molecule has 2 N–H and O–H groups in total. The van der Waals surface area contributed by atoms with E-state index in [4.69, 9.17) is 0 Å². The first-order valence-corrected chi connectivity index (χ1v) is 5.78. The summed E-state index contributed by atoms with van der Waals surface area (Å²) in [5.74, 6) is 0.434. The molecular weight excluding hydrogens is 224 g/mol. The minimum Gasteiger partial charge on any atom is -0.508 e. The van der Waals surface area contributed by atoms with Gasteiger partial charge in [0.05, 0.1) is 0 Å². The van der Waals surface area contributed by atoms with E-state index in [0.29, 0.717) is 0 Å². The van der Waals surface area contributed by atoms with Gasteiger partial charge in [0, 0.05) is 0 Å². The zero-order valence-corrected chi connectivity index (χ0v) is 10.6. The minimum absolute atomic E-state index is 0.217. The third kappa shape index (κ3) is 2.23. The Kier molecular flexibility index (Phi) is 3.11. The van der Waals surface area contributed by atoms with Gasteiger partial charge in [0.25, 0.3) is 0 Å². The summed E-state index contributed by atoms with van der Waals surface area (Å²) in [4.78, 5) is 0. The number of rotatable bonds is 2. The molecule has 92 valence electrons. The third-order valence-electron chi connectivity index (χ3n) is 3.09. The SMILES string of the molecule is C=C(c1cc(O)ccc1C)c1cc(O)ccc1C. The van der Waals surface area contributed by atoms with Crippen LogP contribution in [0.15, 0.2) is 43.0 Å². The second-order valence-electron chi connectivity index (χ2n) is 4.48. The second-order valence-corrected chi connectivity index (χ2v) is 4.48. The van der Waals surface area contributed by atoms with Crippen LogP contribution in [-0.4, -0.2) is 10.2 Å². The summed E-state index contributed by atoms with van der Waals surface area (Å²) in [5, 5.41) is 19.1. The molecule has 2 aromatic rings. The van der Waals surface area contributed by atoms with Crippen LogP contribution in [0.5, 0.6) is 11.5 Å². The molecule has 2 rings (SSSR count). The molecule has 0 amide bonds. The van der Waals surface area contributed by atoms with Crippen molar-refractivity contribution < 1.29 is 10.2 Å². The highest BCUT2D eigenvalue weighted by molar-refractivity contribution is 5.82. The summed E-state index contributed by atoms with van der Waals surface area (Å²) in [7, 11) is 0. The number of aromatic hydroxyl groups is 2. The lowest BCUT2D eigenvalue weighted by molar-refractivity contribution is 0.475. The standard InChI is InChI=1S/C16H16O2/c1-10-4-6-13(17)8-15(10)12(3)16-9-14(18)7-5-11(16)2/h4-9,17-18H,3H2,1-2H3. The summed E-state index contributed by atoms with van der Waals surface area (Å²) >= 11 is 0. The molecule has 2 aromatic carbocycles. The van der Waals surface area contributed by atoms with Crippen molar-refractivity contribution in [2.24, 2.45) is 0 Å². The summed E-state index contributed by atoms with van der Waals surface area (Å²) in [6.45, 7) is 8.02. The maximum absolute atomic E-state index is 9.57. The van der Waals surface area contributed by atoms with E-state index in [9.17, 15) is 10.2 Å². The first-order chi connectivity index (χ1) is 8.49. The Morgan fingerprint density at radius 2 is 1.22 bits per heavy atom. The van der Waals surface area contributed by atoms with Crippen molar-refractivity contribution in [1.29, 1.82) is 0 Å². The van der Waals surface area contributed by atoms with Gasteiger partial charge in [-0.05, 0) is 65.9 Å². The summed E-state index contributed by atoms with van der Waals surface area (Å²) in [6.07, 6.45) is 0. The molecule has 0 saturated carbocycles. The smallest absolute Gasteiger partial charge is 0.116 e. The lowest BCUT2D eigenvalue weighted by Gasteiger charge is -2.13. The third-order valence-corrected chi connectivity index (χ3v) is 3.09. The maximum atomic E-state index is 9.57. The van der Waals surface area contributed by atoms with Crippen LogP contribution in [0.1, 0.15) is 22.3 Å². The Bertz CT molecular complexity index is 559. The fourth-order valence-corrected chi connectivity index (χ4v) is 2.02. The number of hydrogen-bond acceptors (Lipinski definition) is 2. The van der Waals surface area contributed by atoms with Gasteiger partial charge in [-0.25, -0.2) is 0 Å². The highest BCUT2D eigenvalue weighted by atomic mass is 16.3. The van der Waals surface area contributed by atoms with Gasteiger partial charge in [-0.2, -0.15) is 0 Å². The average molecular weight is 240 g/mol. The molecule has 0 saturated heterocycles. The first-order valence-electron chi connectivity index (χ1n) is 5.78. The molecular formula is C16H16O2. The van der Waals surface area contributed by atoms with E-state index in [1.807, 2.05) is 26.0 Å². The van der Waals surface area contributed by atoms with E-state index >= 15 is 0 Å². The summed E-state index contributed by atoms with van der Waals surface area (Å²) in [5.41, 5.74) is 4.67. The van der Waals surface area contributed by atoms with Crippen molar-refractivity contribution in [3.63, 3.8) is 0 Å². The Balaban J connectivity index is 2.54. The van der Waals surface area contributed by atoms with Gasteiger partial charge in [-0.3, -0.25) is 0 Å². The van der Waals surface area contributed by atoms with Gasteiger partial charge >= 0.3 is 0 Å². The van der Waals surface area contributed by atoms with Crippen molar-refractivity contribution in [3.05, 3.63) is 65.2 Å². The fourth-order valence-electron chi connectivity index (χ4n) is 2.02. The van der Waals surface area contributed by atoms with Gasteiger partial charge in [-0.15, -0.1) is 0 Å². The maximum Gasteiger partial charge on any atom is 0.116 e. The van der Waals surface area contributed by atoms with Crippen LogP contribution in [-0.2, 0) is 0 Å². The van der Waals surface area contributed by atoms with E-state index in [-0.39, 0.29) is 11.5 Å². The monoisotopic (exact) mass is 240 g/mol. The summed E-state index contributed by atoms with van der Waals surface area (Å²) < 4.78 is 0. The Morgan fingerprint density at radius 1 is 0.833 bits per heavy atom. The molecule has 18 heavy (non-hydrogen) atoms. The Morgan fingerprint density at radius 3 is 1.61 bits per heavy atom. The predicted molar refractivity (Wildman–Crippen MR) is 73.8 cm³/mol. The molecule has 0 radical (unpaired) electrons. The number of aryl methyl sites for hydroxylation is 2. The van der Waals surface area contributed by atoms with Crippen molar-refractivity contribution >= 4 is 5.57 Å². The number of hydrogen-bond donors (Lipinski definition) is 2. The van der Waals surface area contributed by atoms with Crippen molar-refractivity contribution in [3.8, 4) is 11.5 Å². The van der Waals surface area contributed by atoms with Gasteiger partial charge in [0.1, 0.15) is 11.5 Å². The zero-order valence-electron chi connectivity index (χ0n) is 10.6.